The van der Waals surface area contributed by atoms with Gasteiger partial charge in [0.05, 0.1) is 16.2 Å². The lowest BCUT2D eigenvalue weighted by Crippen LogP contribution is -2.22. The monoisotopic (exact) mass is 408 g/mol. The van der Waals surface area contributed by atoms with Crippen molar-refractivity contribution in [1.82, 2.24) is 0 Å². The van der Waals surface area contributed by atoms with Crippen LogP contribution in [0.5, 0.6) is 0 Å². The molecule has 29 heavy (non-hydrogen) atoms. The molecule has 0 unspecified atom stereocenters. The quantitative estimate of drug-likeness (QED) is 0.336. The number of amides is 1. The molecule has 0 bridgehead atoms. The van der Waals surface area contributed by atoms with E-state index in [1.807, 2.05) is 24.4 Å². The van der Waals surface area contributed by atoms with Crippen molar-refractivity contribution in [2.75, 3.05) is 11.9 Å². The second kappa shape index (κ2) is 9.00. The molecule has 0 atom stereocenters. The predicted molar refractivity (Wildman–Crippen MR) is 97.9 cm³/mol. The Morgan fingerprint density at radius 3 is 2.52 bits per heavy atom. The third-order valence-corrected chi connectivity index (χ3v) is 3.73. The van der Waals surface area contributed by atoms with Gasteiger partial charge < -0.3 is 10.1 Å². The molecule has 7 nitrogen and oxygen atoms in total. The molecule has 0 radical (unpaired) electrons. The maximum Gasteiger partial charge on any atom is 0.418 e. The summed E-state index contributed by atoms with van der Waals surface area (Å²) in [5.74, 6) is -1.88. The molecule has 0 heterocycles. The molecule has 0 fully saturated rings. The first-order chi connectivity index (χ1) is 13.6. The summed E-state index contributed by atoms with van der Waals surface area (Å²) in [6, 6.07) is 9.09. The van der Waals surface area contributed by atoms with Gasteiger partial charge in [0.25, 0.3) is 11.6 Å². The van der Waals surface area contributed by atoms with Gasteiger partial charge in [-0.15, -0.1) is 0 Å². The lowest BCUT2D eigenvalue weighted by Gasteiger charge is -2.13. The Bertz CT molecular complexity index is 971. The van der Waals surface area contributed by atoms with Crippen LogP contribution in [0.2, 0.25) is 0 Å². The van der Waals surface area contributed by atoms with Gasteiger partial charge in [0.2, 0.25) is 0 Å². The zero-order valence-electron chi connectivity index (χ0n) is 15.0. The largest absolute Gasteiger partial charge is 0.452 e. The van der Waals surface area contributed by atoms with E-state index in [-0.39, 0.29) is 0 Å². The average Bonchev–Trinajstić information content (AvgIpc) is 2.65. The summed E-state index contributed by atoms with van der Waals surface area (Å²) in [4.78, 5) is 33.2. The molecule has 2 aromatic carbocycles. The highest BCUT2D eigenvalue weighted by Crippen LogP contribution is 2.37. The van der Waals surface area contributed by atoms with E-state index in [0.29, 0.717) is 6.07 Å². The Morgan fingerprint density at radius 2 is 1.90 bits per heavy atom. The van der Waals surface area contributed by atoms with E-state index < -0.39 is 46.5 Å². The van der Waals surface area contributed by atoms with Gasteiger partial charge in [0, 0.05) is 18.2 Å². The Hall–Kier alpha value is -3.69. The molecule has 0 aromatic heterocycles. The molecule has 2 aromatic rings. The zero-order chi connectivity index (χ0) is 21.6. The molecule has 0 spiro atoms. The van der Waals surface area contributed by atoms with Crippen molar-refractivity contribution in [3.8, 4) is 0 Å². The maximum atomic E-state index is 13.1. The minimum Gasteiger partial charge on any atom is -0.452 e. The van der Waals surface area contributed by atoms with E-state index in [9.17, 15) is 32.9 Å². The Balaban J connectivity index is 2.01. The van der Waals surface area contributed by atoms with Crippen LogP contribution in [-0.2, 0) is 20.5 Å². The van der Waals surface area contributed by atoms with Gasteiger partial charge in [-0.05, 0) is 30.2 Å². The number of esters is 1. The fraction of sp³-hybridized carbons (Fsp3) is 0.158. The molecule has 1 amide bonds. The highest BCUT2D eigenvalue weighted by molar-refractivity contribution is 5.95. The molecule has 0 aliphatic carbocycles. The van der Waals surface area contributed by atoms with Crippen LogP contribution in [0.1, 0.15) is 16.7 Å². The van der Waals surface area contributed by atoms with Crippen molar-refractivity contribution in [2.45, 2.75) is 13.1 Å². The van der Waals surface area contributed by atoms with Crippen LogP contribution in [0.4, 0.5) is 24.5 Å². The minimum absolute atomic E-state index is 0.312. The van der Waals surface area contributed by atoms with Gasteiger partial charge in [-0.3, -0.25) is 14.9 Å². The summed E-state index contributed by atoms with van der Waals surface area (Å²) < 4.78 is 43.9. The zero-order valence-corrected chi connectivity index (χ0v) is 15.0. The Kier molecular flexibility index (Phi) is 6.71. The van der Waals surface area contributed by atoms with Crippen molar-refractivity contribution in [3.05, 3.63) is 75.3 Å². The van der Waals surface area contributed by atoms with Crippen LogP contribution >= 0.6 is 0 Å². The Morgan fingerprint density at radius 1 is 1.21 bits per heavy atom. The molecule has 0 saturated carbocycles. The van der Waals surface area contributed by atoms with Crippen molar-refractivity contribution >= 4 is 29.3 Å². The SMILES string of the molecule is Cc1ccccc1/C=C/C(=O)OCC(=O)Nc1ccc([N+](=O)[O-])cc1C(F)(F)F. The number of carbonyl (C=O) groups is 2. The number of non-ortho nitro benzene ring substituents is 1. The average molecular weight is 408 g/mol. The second-order valence-electron chi connectivity index (χ2n) is 5.83. The number of alkyl halides is 3. The van der Waals surface area contributed by atoms with E-state index in [2.05, 4.69) is 0 Å². The smallest absolute Gasteiger partial charge is 0.418 e. The standard InChI is InChI=1S/C19H15F3N2O5/c1-12-4-2-3-5-13(12)6-9-18(26)29-11-17(25)23-16-8-7-14(24(27)28)10-15(16)19(20,21)22/h2-10H,11H2,1H3,(H,23,25)/b9-6+. The topological polar surface area (TPSA) is 98.5 Å². The number of nitrogens with one attached hydrogen (secondary N) is 1. The van der Waals surface area contributed by atoms with Gasteiger partial charge in [-0.25, -0.2) is 4.79 Å². The first-order valence-electron chi connectivity index (χ1n) is 8.14. The number of carbonyl (C=O) groups excluding carboxylic acids is 2. The van der Waals surface area contributed by atoms with Gasteiger partial charge in [-0.2, -0.15) is 13.2 Å². The third-order valence-electron chi connectivity index (χ3n) is 3.73. The first-order valence-corrected chi connectivity index (χ1v) is 8.14. The van der Waals surface area contributed by atoms with Crippen molar-refractivity contribution in [3.63, 3.8) is 0 Å². The number of nitro groups is 1. The van der Waals surface area contributed by atoms with E-state index in [4.69, 9.17) is 4.74 Å². The number of aryl methyl sites for hydroxylation is 1. The molecular formula is C19H15F3N2O5. The molecule has 0 aliphatic heterocycles. The van der Waals surface area contributed by atoms with E-state index in [1.54, 1.807) is 12.1 Å². The van der Waals surface area contributed by atoms with Crippen LogP contribution in [0, 0.1) is 17.0 Å². The number of ether oxygens (including phenoxy) is 1. The van der Waals surface area contributed by atoms with Crippen LogP contribution in [0.25, 0.3) is 6.08 Å². The van der Waals surface area contributed by atoms with Crippen molar-refractivity contribution in [2.24, 2.45) is 0 Å². The molecular weight excluding hydrogens is 393 g/mol. The molecule has 10 heteroatoms. The van der Waals surface area contributed by atoms with E-state index in [0.717, 1.165) is 29.3 Å². The van der Waals surface area contributed by atoms with Crippen LogP contribution in [0.3, 0.4) is 0 Å². The lowest BCUT2D eigenvalue weighted by molar-refractivity contribution is -0.385. The molecule has 152 valence electrons. The van der Waals surface area contributed by atoms with Gasteiger partial charge >= 0.3 is 12.1 Å². The predicted octanol–water partition coefficient (Wildman–Crippen LogP) is 4.12. The van der Waals surface area contributed by atoms with E-state index in [1.165, 1.54) is 6.08 Å². The molecule has 0 saturated heterocycles. The van der Waals surface area contributed by atoms with Gasteiger partial charge in [0.1, 0.15) is 0 Å². The van der Waals surface area contributed by atoms with Crippen LogP contribution in [0.15, 0.2) is 48.5 Å². The summed E-state index contributed by atoms with van der Waals surface area (Å²) in [6.45, 7) is 1.01. The number of nitrogens with zero attached hydrogens (tertiary/aromatic N) is 1. The highest BCUT2D eigenvalue weighted by atomic mass is 19.4. The Labute approximate surface area is 162 Å². The number of nitro benzene ring substituents is 1. The summed E-state index contributed by atoms with van der Waals surface area (Å²) >= 11 is 0. The number of halogens is 3. The van der Waals surface area contributed by atoms with Crippen molar-refractivity contribution < 1.29 is 32.4 Å². The number of anilines is 1. The fourth-order valence-electron chi connectivity index (χ4n) is 2.29. The highest BCUT2D eigenvalue weighted by Gasteiger charge is 2.35. The fourth-order valence-corrected chi connectivity index (χ4v) is 2.29. The summed E-state index contributed by atoms with van der Waals surface area (Å²) in [6.07, 6.45) is -2.36. The maximum absolute atomic E-state index is 13.1. The summed E-state index contributed by atoms with van der Waals surface area (Å²) in [7, 11) is 0. The first kappa shape index (κ1) is 21.6. The van der Waals surface area contributed by atoms with Crippen LogP contribution in [-0.4, -0.2) is 23.4 Å². The number of rotatable bonds is 6. The lowest BCUT2D eigenvalue weighted by atomic mass is 10.1. The normalized spacial score (nSPS) is 11.3. The molecule has 0 aliphatic rings. The van der Waals surface area contributed by atoms with Gasteiger partial charge in [-0.1, -0.05) is 24.3 Å². The minimum atomic E-state index is -4.93. The van der Waals surface area contributed by atoms with Crippen molar-refractivity contribution in [1.29, 1.82) is 0 Å². The number of benzene rings is 2. The van der Waals surface area contributed by atoms with Gasteiger partial charge in [0.15, 0.2) is 6.61 Å². The number of hydrogen-bond donors (Lipinski definition) is 1. The number of hydrogen-bond acceptors (Lipinski definition) is 5. The second-order valence-corrected chi connectivity index (χ2v) is 5.83. The summed E-state index contributed by atoms with van der Waals surface area (Å²) in [5, 5.41) is 12.6. The third kappa shape index (κ3) is 6.16. The van der Waals surface area contributed by atoms with Crippen LogP contribution < -0.4 is 5.32 Å². The van der Waals surface area contributed by atoms with E-state index >= 15 is 0 Å². The molecule has 2 rings (SSSR count). The summed E-state index contributed by atoms with van der Waals surface area (Å²) in [5.41, 5.74) is -1.17. The molecule has 1 N–H and O–H groups in total.